The van der Waals surface area contributed by atoms with Gasteiger partial charge in [0.2, 0.25) is 0 Å². The summed E-state index contributed by atoms with van der Waals surface area (Å²) in [6.07, 6.45) is 0. The van der Waals surface area contributed by atoms with E-state index >= 15 is 0 Å². The Bertz CT molecular complexity index is 725. The zero-order valence-electron chi connectivity index (χ0n) is 12.4. The minimum absolute atomic E-state index is 0.148. The molecule has 2 aromatic rings. The van der Waals surface area contributed by atoms with E-state index in [1.54, 1.807) is 26.4 Å². The highest BCUT2D eigenvalue weighted by Gasteiger charge is 2.18. The van der Waals surface area contributed by atoms with Crippen LogP contribution in [0.25, 0.3) is 10.8 Å². The predicted molar refractivity (Wildman–Crippen MR) is 80.1 cm³/mol. The summed E-state index contributed by atoms with van der Waals surface area (Å²) in [5.41, 5.74) is 0.972. The Labute approximate surface area is 122 Å². The lowest BCUT2D eigenvalue weighted by molar-refractivity contribution is 0.0594. The zero-order chi connectivity index (χ0) is 15.6. The van der Waals surface area contributed by atoms with Crippen LogP contribution < -0.4 is 9.47 Å². The molecule has 0 fully saturated rings. The first-order valence-electron chi connectivity index (χ1n) is 6.18. The van der Waals surface area contributed by atoms with Crippen molar-refractivity contribution in [2.45, 2.75) is 6.92 Å². The molecule has 1 aromatic heterocycles. The van der Waals surface area contributed by atoms with Gasteiger partial charge < -0.3 is 14.2 Å². The number of rotatable bonds is 4. The first-order chi connectivity index (χ1) is 10.1. The number of benzene rings is 1. The van der Waals surface area contributed by atoms with E-state index in [4.69, 9.17) is 14.2 Å². The van der Waals surface area contributed by atoms with Crippen molar-refractivity contribution in [1.29, 1.82) is 0 Å². The number of hydrogen-bond donors (Lipinski definition) is 0. The lowest BCUT2D eigenvalue weighted by atomic mass is 10.0. The van der Waals surface area contributed by atoms with Crippen molar-refractivity contribution in [3.63, 3.8) is 0 Å². The number of nitrogens with zero attached hydrogens (tertiary/aromatic N) is 2. The number of fused-ring (bicyclic) bond motifs is 1. The molecule has 0 radical (unpaired) electrons. The molecule has 0 saturated carbocycles. The lowest BCUT2D eigenvalue weighted by Crippen LogP contribution is -2.05. The smallest absolute Gasteiger partial charge is 0.356 e. The van der Waals surface area contributed by atoms with Gasteiger partial charge in [-0.25, -0.2) is 14.8 Å². The monoisotopic (exact) mass is 288 g/mol. The Kier molecular flexibility index (Phi) is 4.07. The average Bonchev–Trinajstić information content (AvgIpc) is 2.52. The van der Waals surface area contributed by atoms with Crippen molar-refractivity contribution in [3.8, 4) is 11.5 Å². The molecule has 0 atom stereocenters. The SMILES string of the molecule is C=Nc1nc(C(=O)OC)cc2c(OC)c(C)c(OC)cc12. The molecule has 110 valence electrons. The molecule has 0 N–H and O–H groups in total. The van der Waals surface area contributed by atoms with Gasteiger partial charge in [0.25, 0.3) is 0 Å². The van der Waals surface area contributed by atoms with Gasteiger partial charge in [0.1, 0.15) is 11.5 Å². The summed E-state index contributed by atoms with van der Waals surface area (Å²) < 4.78 is 15.5. The van der Waals surface area contributed by atoms with Gasteiger partial charge >= 0.3 is 5.97 Å². The zero-order valence-corrected chi connectivity index (χ0v) is 12.4. The van der Waals surface area contributed by atoms with Crippen LogP contribution in [0.3, 0.4) is 0 Å². The fraction of sp³-hybridized carbons (Fsp3) is 0.267. The third-order valence-electron chi connectivity index (χ3n) is 3.24. The number of esters is 1. The second-order valence-electron chi connectivity index (χ2n) is 4.31. The van der Waals surface area contributed by atoms with Crippen molar-refractivity contribution in [1.82, 2.24) is 4.98 Å². The van der Waals surface area contributed by atoms with Crippen LogP contribution >= 0.6 is 0 Å². The normalized spacial score (nSPS) is 10.3. The third kappa shape index (κ3) is 2.40. The minimum atomic E-state index is -0.544. The molecule has 0 aliphatic heterocycles. The molecule has 0 saturated heterocycles. The molecule has 6 heteroatoms. The minimum Gasteiger partial charge on any atom is -0.496 e. The van der Waals surface area contributed by atoms with Gasteiger partial charge in [-0.15, -0.1) is 0 Å². The Morgan fingerprint density at radius 3 is 2.43 bits per heavy atom. The van der Waals surface area contributed by atoms with Crippen LogP contribution in [-0.4, -0.2) is 39.0 Å². The summed E-state index contributed by atoms with van der Waals surface area (Å²) in [5.74, 6) is 1.03. The van der Waals surface area contributed by atoms with Crippen LogP contribution in [0.1, 0.15) is 16.1 Å². The standard InChI is InChI=1S/C15H16N2O4/c1-8-12(19-3)7-10-9(13(8)20-4)6-11(15(18)21-5)17-14(10)16-2/h6-7H,2H2,1,3-5H3. The van der Waals surface area contributed by atoms with Crippen molar-refractivity contribution >= 4 is 29.3 Å². The molecule has 0 unspecified atom stereocenters. The average molecular weight is 288 g/mol. The summed E-state index contributed by atoms with van der Waals surface area (Å²) in [6, 6.07) is 3.41. The number of aromatic nitrogens is 1. The maximum absolute atomic E-state index is 11.7. The van der Waals surface area contributed by atoms with Crippen molar-refractivity contribution in [3.05, 3.63) is 23.4 Å². The van der Waals surface area contributed by atoms with Gasteiger partial charge in [0, 0.05) is 16.3 Å². The van der Waals surface area contributed by atoms with E-state index < -0.39 is 5.97 Å². The Morgan fingerprint density at radius 1 is 1.19 bits per heavy atom. The van der Waals surface area contributed by atoms with Crippen LogP contribution in [0.2, 0.25) is 0 Å². The maximum Gasteiger partial charge on any atom is 0.356 e. The quantitative estimate of drug-likeness (QED) is 0.639. The number of carbonyl (C=O) groups excluding carboxylic acids is 1. The van der Waals surface area contributed by atoms with E-state index in [1.165, 1.54) is 7.11 Å². The highest BCUT2D eigenvalue weighted by molar-refractivity contribution is 6.02. The van der Waals surface area contributed by atoms with Gasteiger partial charge in [-0.1, -0.05) is 0 Å². The number of hydrogen-bond acceptors (Lipinski definition) is 6. The molecular formula is C15H16N2O4. The van der Waals surface area contributed by atoms with E-state index in [0.29, 0.717) is 28.1 Å². The Morgan fingerprint density at radius 2 is 1.90 bits per heavy atom. The van der Waals surface area contributed by atoms with Crippen molar-refractivity contribution < 1.29 is 19.0 Å². The highest BCUT2D eigenvalue weighted by Crippen LogP contribution is 2.39. The van der Waals surface area contributed by atoms with Crippen LogP contribution in [0.5, 0.6) is 11.5 Å². The van der Waals surface area contributed by atoms with E-state index in [1.807, 2.05) is 6.92 Å². The summed E-state index contributed by atoms with van der Waals surface area (Å²) >= 11 is 0. The van der Waals surface area contributed by atoms with Crippen molar-refractivity contribution in [2.75, 3.05) is 21.3 Å². The number of ether oxygens (including phenoxy) is 3. The molecule has 6 nitrogen and oxygen atoms in total. The predicted octanol–water partition coefficient (Wildman–Crippen LogP) is 2.68. The number of pyridine rings is 1. The highest BCUT2D eigenvalue weighted by atomic mass is 16.5. The second kappa shape index (κ2) is 5.78. The first kappa shape index (κ1) is 14.8. The summed E-state index contributed by atoms with van der Waals surface area (Å²) in [6.45, 7) is 5.37. The molecular weight excluding hydrogens is 272 g/mol. The van der Waals surface area contributed by atoms with Crippen LogP contribution in [0.4, 0.5) is 5.82 Å². The third-order valence-corrected chi connectivity index (χ3v) is 3.24. The van der Waals surface area contributed by atoms with Gasteiger partial charge in [-0.2, -0.15) is 0 Å². The molecule has 0 aliphatic carbocycles. The molecule has 2 rings (SSSR count). The molecule has 0 bridgehead atoms. The van der Waals surface area contributed by atoms with Crippen LogP contribution in [0.15, 0.2) is 17.1 Å². The van der Waals surface area contributed by atoms with E-state index in [0.717, 1.165) is 5.56 Å². The lowest BCUT2D eigenvalue weighted by Gasteiger charge is -2.14. The van der Waals surface area contributed by atoms with E-state index in [2.05, 4.69) is 16.7 Å². The fourth-order valence-corrected chi connectivity index (χ4v) is 2.23. The summed E-state index contributed by atoms with van der Waals surface area (Å²) in [5, 5.41) is 1.39. The van der Waals surface area contributed by atoms with Gasteiger partial charge in [-0.05, 0) is 25.8 Å². The topological polar surface area (TPSA) is 70.0 Å². The van der Waals surface area contributed by atoms with Gasteiger partial charge in [0.05, 0.1) is 21.3 Å². The molecule has 0 spiro atoms. The summed E-state index contributed by atoms with van der Waals surface area (Å²) in [4.78, 5) is 19.8. The largest absolute Gasteiger partial charge is 0.496 e. The Balaban J connectivity index is 2.91. The molecule has 1 heterocycles. The maximum atomic E-state index is 11.7. The van der Waals surface area contributed by atoms with Gasteiger partial charge in [0.15, 0.2) is 11.5 Å². The van der Waals surface area contributed by atoms with E-state index in [9.17, 15) is 4.79 Å². The van der Waals surface area contributed by atoms with Crippen LogP contribution in [-0.2, 0) is 4.74 Å². The first-order valence-corrected chi connectivity index (χ1v) is 6.18. The second-order valence-corrected chi connectivity index (χ2v) is 4.31. The molecule has 21 heavy (non-hydrogen) atoms. The van der Waals surface area contributed by atoms with Crippen LogP contribution in [0, 0.1) is 6.92 Å². The van der Waals surface area contributed by atoms with Crippen molar-refractivity contribution in [2.24, 2.45) is 4.99 Å². The van der Waals surface area contributed by atoms with Gasteiger partial charge in [-0.3, -0.25) is 0 Å². The number of methoxy groups -OCH3 is 3. The molecule has 1 aromatic carbocycles. The molecule has 0 aliphatic rings. The molecule has 0 amide bonds. The summed E-state index contributed by atoms with van der Waals surface area (Å²) in [7, 11) is 4.43. The van der Waals surface area contributed by atoms with E-state index in [-0.39, 0.29) is 5.69 Å². The number of aliphatic imine (C=N–C) groups is 1. The number of carbonyl (C=O) groups is 1. The Hall–Kier alpha value is -2.63. The fourth-order valence-electron chi connectivity index (χ4n) is 2.23.